The molecule has 0 spiro atoms. The van der Waals surface area contributed by atoms with Gasteiger partial charge in [-0.05, 0) is 30.3 Å². The van der Waals surface area contributed by atoms with E-state index in [9.17, 15) is 13.6 Å². The van der Waals surface area contributed by atoms with E-state index in [0.717, 1.165) is 10.3 Å². The summed E-state index contributed by atoms with van der Waals surface area (Å²) in [6, 6.07) is 9.37. The minimum absolute atomic E-state index is 0.101. The van der Waals surface area contributed by atoms with Gasteiger partial charge in [-0.25, -0.2) is 8.78 Å². The molecule has 31 heavy (non-hydrogen) atoms. The SMILES string of the molecule is COCc1c(C(=O)N2CCN(Cc3cc(F)ccc3OC)CC2)sc2cccc(F)c12. The predicted octanol–water partition coefficient (Wildman–Crippen LogP) is 4.29. The molecule has 0 aliphatic carbocycles. The van der Waals surface area contributed by atoms with Crippen molar-refractivity contribution in [2.45, 2.75) is 13.2 Å². The average molecular weight is 447 g/mol. The lowest BCUT2D eigenvalue weighted by molar-refractivity contribution is 0.0628. The number of rotatable bonds is 6. The molecule has 4 rings (SSSR count). The van der Waals surface area contributed by atoms with Crippen LogP contribution in [0.5, 0.6) is 5.75 Å². The molecule has 0 atom stereocenters. The van der Waals surface area contributed by atoms with E-state index >= 15 is 0 Å². The molecular weight excluding hydrogens is 422 g/mol. The minimum atomic E-state index is -0.339. The number of thiophene rings is 1. The van der Waals surface area contributed by atoms with Crippen LogP contribution in [0.3, 0.4) is 0 Å². The third kappa shape index (κ3) is 4.42. The number of benzene rings is 2. The largest absolute Gasteiger partial charge is 0.496 e. The first-order chi connectivity index (χ1) is 15.0. The Bertz CT molecular complexity index is 1090. The van der Waals surface area contributed by atoms with Gasteiger partial charge in [0, 0.05) is 61.0 Å². The highest BCUT2D eigenvalue weighted by Gasteiger charge is 2.27. The van der Waals surface area contributed by atoms with Crippen LogP contribution in [-0.4, -0.2) is 56.1 Å². The summed E-state index contributed by atoms with van der Waals surface area (Å²) in [6.45, 7) is 3.13. The van der Waals surface area contributed by atoms with Crippen molar-refractivity contribution in [3.63, 3.8) is 0 Å². The summed E-state index contributed by atoms with van der Waals surface area (Å²) in [6.07, 6.45) is 0. The highest BCUT2D eigenvalue weighted by atomic mass is 32.1. The van der Waals surface area contributed by atoms with Crippen LogP contribution in [0.2, 0.25) is 0 Å². The molecule has 5 nitrogen and oxygen atoms in total. The van der Waals surface area contributed by atoms with Crippen molar-refractivity contribution < 1.29 is 23.0 Å². The van der Waals surface area contributed by atoms with Crippen LogP contribution < -0.4 is 4.74 Å². The Labute approximate surface area is 183 Å². The van der Waals surface area contributed by atoms with Crippen molar-refractivity contribution in [3.8, 4) is 5.75 Å². The number of methoxy groups -OCH3 is 2. The number of amides is 1. The van der Waals surface area contributed by atoms with Gasteiger partial charge in [0.1, 0.15) is 17.4 Å². The summed E-state index contributed by atoms with van der Waals surface area (Å²) in [7, 11) is 3.11. The van der Waals surface area contributed by atoms with Gasteiger partial charge in [-0.2, -0.15) is 0 Å². The molecule has 8 heteroatoms. The van der Waals surface area contributed by atoms with E-state index in [4.69, 9.17) is 9.47 Å². The highest BCUT2D eigenvalue weighted by Crippen LogP contribution is 2.35. The first-order valence-electron chi connectivity index (χ1n) is 10.0. The molecule has 1 amide bonds. The zero-order valence-corrected chi connectivity index (χ0v) is 18.3. The average Bonchev–Trinajstić information content (AvgIpc) is 3.14. The van der Waals surface area contributed by atoms with Gasteiger partial charge in [-0.3, -0.25) is 9.69 Å². The lowest BCUT2D eigenvalue weighted by atomic mass is 10.1. The lowest BCUT2D eigenvalue weighted by Crippen LogP contribution is -2.48. The van der Waals surface area contributed by atoms with Gasteiger partial charge < -0.3 is 14.4 Å². The Balaban J connectivity index is 1.48. The van der Waals surface area contributed by atoms with Crippen molar-refractivity contribution in [2.75, 3.05) is 40.4 Å². The van der Waals surface area contributed by atoms with E-state index in [1.165, 1.54) is 36.6 Å². The van der Waals surface area contributed by atoms with Crippen molar-refractivity contribution in [2.24, 2.45) is 0 Å². The second-order valence-corrected chi connectivity index (χ2v) is 8.53. The van der Waals surface area contributed by atoms with Crippen molar-refractivity contribution in [1.82, 2.24) is 9.80 Å². The topological polar surface area (TPSA) is 42.0 Å². The second kappa shape index (κ2) is 9.30. The van der Waals surface area contributed by atoms with E-state index < -0.39 is 0 Å². The number of piperazine rings is 1. The molecule has 0 saturated carbocycles. The minimum Gasteiger partial charge on any atom is -0.496 e. The highest BCUT2D eigenvalue weighted by molar-refractivity contribution is 7.21. The number of carbonyl (C=O) groups excluding carboxylic acids is 1. The van der Waals surface area contributed by atoms with Crippen LogP contribution in [0.4, 0.5) is 8.78 Å². The van der Waals surface area contributed by atoms with Gasteiger partial charge in [-0.15, -0.1) is 11.3 Å². The van der Waals surface area contributed by atoms with Crippen LogP contribution >= 0.6 is 11.3 Å². The number of nitrogens with zero attached hydrogens (tertiary/aromatic N) is 2. The van der Waals surface area contributed by atoms with Crippen LogP contribution in [0.15, 0.2) is 36.4 Å². The van der Waals surface area contributed by atoms with Gasteiger partial charge >= 0.3 is 0 Å². The van der Waals surface area contributed by atoms with Crippen LogP contribution in [0.25, 0.3) is 10.1 Å². The summed E-state index contributed by atoms with van der Waals surface area (Å²) >= 11 is 1.31. The van der Waals surface area contributed by atoms with E-state index in [0.29, 0.717) is 54.3 Å². The van der Waals surface area contributed by atoms with Crippen molar-refractivity contribution in [3.05, 3.63) is 64.0 Å². The fourth-order valence-corrected chi connectivity index (χ4v) is 5.18. The molecule has 0 unspecified atom stereocenters. The molecule has 2 heterocycles. The van der Waals surface area contributed by atoms with E-state index in [-0.39, 0.29) is 24.1 Å². The zero-order valence-electron chi connectivity index (χ0n) is 17.5. The van der Waals surface area contributed by atoms with Gasteiger partial charge in [-0.1, -0.05) is 6.07 Å². The number of hydrogen-bond acceptors (Lipinski definition) is 5. The third-order valence-electron chi connectivity index (χ3n) is 5.54. The van der Waals surface area contributed by atoms with Crippen LogP contribution in [0.1, 0.15) is 20.8 Å². The molecule has 1 saturated heterocycles. The summed E-state index contributed by atoms with van der Waals surface area (Å²) < 4.78 is 39.4. The molecule has 164 valence electrons. The molecule has 3 aromatic rings. The van der Waals surface area contributed by atoms with Crippen LogP contribution in [0, 0.1) is 11.6 Å². The summed E-state index contributed by atoms with van der Waals surface area (Å²) in [5, 5.41) is 0.467. The summed E-state index contributed by atoms with van der Waals surface area (Å²) in [4.78, 5) is 17.7. The van der Waals surface area contributed by atoms with E-state index in [1.54, 1.807) is 24.1 Å². The molecule has 1 aliphatic rings. The standard InChI is InChI=1S/C23H24F2N2O3S/c1-29-14-17-21-18(25)4-3-5-20(21)31-22(17)23(28)27-10-8-26(9-11-27)13-15-12-16(24)6-7-19(15)30-2/h3-7,12H,8-11,13-14H2,1-2H3. The lowest BCUT2D eigenvalue weighted by Gasteiger charge is -2.35. The Morgan fingerprint density at radius 1 is 1.10 bits per heavy atom. The maximum absolute atomic E-state index is 14.4. The Hall–Kier alpha value is -2.55. The van der Waals surface area contributed by atoms with Gasteiger partial charge in [0.25, 0.3) is 5.91 Å². The van der Waals surface area contributed by atoms with Gasteiger partial charge in [0.2, 0.25) is 0 Å². The Kier molecular flexibility index (Phi) is 6.50. The quantitative estimate of drug-likeness (QED) is 0.567. The van der Waals surface area contributed by atoms with Crippen molar-refractivity contribution >= 4 is 27.3 Å². The first-order valence-corrected chi connectivity index (χ1v) is 10.9. The third-order valence-corrected chi connectivity index (χ3v) is 6.73. The first kappa shape index (κ1) is 21.7. The number of fused-ring (bicyclic) bond motifs is 1. The molecule has 0 bridgehead atoms. The number of carbonyl (C=O) groups is 1. The molecule has 1 fully saturated rings. The summed E-state index contributed by atoms with van der Waals surface area (Å²) in [5.74, 6) is -0.0898. The second-order valence-electron chi connectivity index (χ2n) is 7.48. The Morgan fingerprint density at radius 3 is 2.58 bits per heavy atom. The van der Waals surface area contributed by atoms with Gasteiger partial charge in [0.15, 0.2) is 0 Å². The molecule has 0 radical (unpaired) electrons. The van der Waals surface area contributed by atoms with Gasteiger partial charge in [0.05, 0.1) is 18.6 Å². The maximum Gasteiger partial charge on any atom is 0.264 e. The Morgan fingerprint density at radius 2 is 1.87 bits per heavy atom. The molecule has 0 N–H and O–H groups in total. The zero-order chi connectivity index (χ0) is 22.0. The molecule has 2 aromatic carbocycles. The maximum atomic E-state index is 14.4. The fraction of sp³-hybridized carbons (Fsp3) is 0.348. The van der Waals surface area contributed by atoms with E-state index in [1.807, 2.05) is 6.07 Å². The smallest absolute Gasteiger partial charge is 0.264 e. The number of hydrogen-bond donors (Lipinski definition) is 0. The number of halogens is 2. The number of ether oxygens (including phenoxy) is 2. The predicted molar refractivity (Wildman–Crippen MR) is 117 cm³/mol. The normalized spacial score (nSPS) is 14.9. The van der Waals surface area contributed by atoms with E-state index in [2.05, 4.69) is 4.90 Å². The molecule has 1 aliphatic heterocycles. The fourth-order valence-electron chi connectivity index (χ4n) is 3.99. The molecular formula is C23H24F2N2O3S. The monoisotopic (exact) mass is 446 g/mol. The molecule has 1 aromatic heterocycles. The van der Waals surface area contributed by atoms with Crippen LogP contribution in [-0.2, 0) is 17.9 Å². The summed E-state index contributed by atoms with van der Waals surface area (Å²) in [5.41, 5.74) is 1.39. The van der Waals surface area contributed by atoms with Crippen molar-refractivity contribution in [1.29, 1.82) is 0 Å².